The smallest absolute Gasteiger partial charge is 0.259 e. The third kappa shape index (κ3) is 3.30. The van der Waals surface area contributed by atoms with Gasteiger partial charge in [0.2, 0.25) is 5.88 Å². The van der Waals surface area contributed by atoms with Gasteiger partial charge in [0.1, 0.15) is 6.67 Å². The molecule has 3 heterocycles. The predicted octanol–water partition coefficient (Wildman–Crippen LogP) is 1.87. The van der Waals surface area contributed by atoms with Crippen molar-refractivity contribution in [3.05, 3.63) is 46.1 Å². The summed E-state index contributed by atoms with van der Waals surface area (Å²) in [5.41, 5.74) is 0.954. The highest BCUT2D eigenvalue weighted by Gasteiger charge is 2.24. The average Bonchev–Trinajstić information content (AvgIpc) is 2.97. The number of fused-ring (bicyclic) bond motifs is 1. The summed E-state index contributed by atoms with van der Waals surface area (Å²) in [4.78, 5) is 23.1. The Hall–Kier alpha value is -2.28. The number of amides is 1. The van der Waals surface area contributed by atoms with E-state index in [-0.39, 0.29) is 5.91 Å². The van der Waals surface area contributed by atoms with Gasteiger partial charge in [-0.15, -0.1) is 0 Å². The van der Waals surface area contributed by atoms with Gasteiger partial charge in [-0.3, -0.25) is 9.79 Å². The number of aromatic nitrogens is 1. The Morgan fingerprint density at radius 3 is 3.27 bits per heavy atom. The number of thioether (sulfide) groups is 1. The summed E-state index contributed by atoms with van der Waals surface area (Å²) in [5, 5.41) is 3.94. The molecule has 0 saturated carbocycles. The molecule has 22 heavy (non-hydrogen) atoms. The molecule has 1 aromatic heterocycles. The summed E-state index contributed by atoms with van der Waals surface area (Å²) in [6.07, 6.45) is 7.18. The van der Waals surface area contributed by atoms with E-state index in [4.69, 9.17) is 4.74 Å². The van der Waals surface area contributed by atoms with Crippen LogP contribution in [0.4, 0.5) is 0 Å². The van der Waals surface area contributed by atoms with Gasteiger partial charge in [-0.2, -0.15) is 0 Å². The zero-order valence-corrected chi connectivity index (χ0v) is 13.0. The number of nitrogens with zero attached hydrogens (tertiary/aromatic N) is 3. The first-order chi connectivity index (χ1) is 10.8. The minimum Gasteiger partial charge on any atom is -0.478 e. The summed E-state index contributed by atoms with van der Waals surface area (Å²) in [5.74, 6) is 0.484. The van der Waals surface area contributed by atoms with Crippen molar-refractivity contribution in [1.82, 2.24) is 15.2 Å². The standard InChI is InChI=1S/C15H16N4O2S/c1-2-21-13-7-11(3-6-17-13)8-18-15(20)12-9-19-10-16-5-4-14(19)22-12/h3-7,9H,2,8,10H2,1H3,(H,18,20). The number of pyridine rings is 1. The predicted molar refractivity (Wildman–Crippen MR) is 86.2 cm³/mol. The van der Waals surface area contributed by atoms with Gasteiger partial charge < -0.3 is 15.0 Å². The number of carbonyl (C=O) groups is 1. The van der Waals surface area contributed by atoms with Crippen molar-refractivity contribution in [2.45, 2.75) is 13.5 Å². The molecule has 3 rings (SSSR count). The fraction of sp³-hybridized carbons (Fsp3) is 0.267. The molecule has 0 spiro atoms. The number of aliphatic imine (C=N–C) groups is 1. The van der Waals surface area contributed by atoms with E-state index in [1.54, 1.807) is 12.4 Å². The van der Waals surface area contributed by atoms with Crippen LogP contribution in [0.1, 0.15) is 12.5 Å². The van der Waals surface area contributed by atoms with Crippen molar-refractivity contribution in [1.29, 1.82) is 0 Å². The summed E-state index contributed by atoms with van der Waals surface area (Å²) in [6.45, 7) is 3.49. The second-order valence-electron chi connectivity index (χ2n) is 4.66. The summed E-state index contributed by atoms with van der Waals surface area (Å²) >= 11 is 1.46. The molecule has 0 bridgehead atoms. The molecule has 114 valence electrons. The maximum Gasteiger partial charge on any atom is 0.259 e. The van der Waals surface area contributed by atoms with Gasteiger partial charge in [-0.1, -0.05) is 11.8 Å². The Kier molecular flexibility index (Phi) is 4.43. The first kappa shape index (κ1) is 14.6. The number of ether oxygens (including phenoxy) is 1. The van der Waals surface area contributed by atoms with Gasteiger partial charge in [0.15, 0.2) is 0 Å². The average molecular weight is 316 g/mol. The molecular weight excluding hydrogens is 300 g/mol. The van der Waals surface area contributed by atoms with E-state index in [0.29, 0.717) is 30.6 Å². The van der Waals surface area contributed by atoms with Gasteiger partial charge in [0.05, 0.1) is 16.5 Å². The third-order valence-corrected chi connectivity index (χ3v) is 4.19. The SMILES string of the molecule is CCOc1cc(CNC(=O)C2=CN3CN=CC=C3S2)ccn1. The molecule has 0 fully saturated rings. The molecule has 0 radical (unpaired) electrons. The quantitative estimate of drug-likeness (QED) is 0.898. The van der Waals surface area contributed by atoms with Crippen LogP contribution in [0.2, 0.25) is 0 Å². The minimum absolute atomic E-state index is 0.0879. The third-order valence-electron chi connectivity index (χ3n) is 3.10. The van der Waals surface area contributed by atoms with Crippen LogP contribution in [0.15, 0.2) is 45.5 Å². The van der Waals surface area contributed by atoms with Crippen molar-refractivity contribution in [3.8, 4) is 5.88 Å². The molecule has 0 atom stereocenters. The van der Waals surface area contributed by atoms with E-state index in [9.17, 15) is 4.79 Å². The van der Waals surface area contributed by atoms with Crippen LogP contribution in [-0.4, -0.2) is 35.3 Å². The maximum atomic E-state index is 12.2. The largest absolute Gasteiger partial charge is 0.478 e. The fourth-order valence-electron chi connectivity index (χ4n) is 2.06. The molecule has 1 aromatic rings. The Bertz CT molecular complexity index is 669. The highest BCUT2D eigenvalue weighted by molar-refractivity contribution is 8.07. The molecule has 6 nitrogen and oxygen atoms in total. The lowest BCUT2D eigenvalue weighted by Crippen LogP contribution is -2.23. The molecule has 0 aromatic carbocycles. The zero-order chi connectivity index (χ0) is 15.4. The molecule has 1 amide bonds. The molecule has 2 aliphatic rings. The lowest BCUT2D eigenvalue weighted by Gasteiger charge is -2.15. The van der Waals surface area contributed by atoms with Gasteiger partial charge in [-0.05, 0) is 24.6 Å². The van der Waals surface area contributed by atoms with E-state index in [1.807, 2.05) is 36.2 Å². The lowest BCUT2D eigenvalue weighted by molar-refractivity contribution is -0.117. The number of carbonyl (C=O) groups excluding carboxylic acids is 1. The zero-order valence-electron chi connectivity index (χ0n) is 12.2. The first-order valence-electron chi connectivity index (χ1n) is 6.98. The topological polar surface area (TPSA) is 66.8 Å². The molecular formula is C15H16N4O2S. The molecule has 0 aliphatic carbocycles. The van der Waals surface area contributed by atoms with E-state index in [0.717, 1.165) is 10.6 Å². The minimum atomic E-state index is -0.0879. The number of rotatable bonds is 5. The van der Waals surface area contributed by atoms with Gasteiger partial charge in [0.25, 0.3) is 5.91 Å². The normalized spacial score (nSPS) is 16.0. The Labute approximate surface area is 133 Å². The van der Waals surface area contributed by atoms with Crippen LogP contribution in [0.3, 0.4) is 0 Å². The Balaban J connectivity index is 1.58. The second kappa shape index (κ2) is 6.65. The van der Waals surface area contributed by atoms with E-state index < -0.39 is 0 Å². The molecule has 7 heteroatoms. The van der Waals surface area contributed by atoms with Crippen molar-refractivity contribution >= 4 is 23.9 Å². The molecule has 0 saturated heterocycles. The van der Waals surface area contributed by atoms with E-state index in [1.165, 1.54) is 11.8 Å². The van der Waals surface area contributed by atoms with Crippen LogP contribution in [0.5, 0.6) is 5.88 Å². The Morgan fingerprint density at radius 1 is 1.55 bits per heavy atom. The number of hydrogen-bond donors (Lipinski definition) is 1. The summed E-state index contributed by atoms with van der Waals surface area (Å²) in [7, 11) is 0. The molecule has 1 N–H and O–H groups in total. The maximum absolute atomic E-state index is 12.2. The number of allylic oxidation sites excluding steroid dienone is 1. The van der Waals surface area contributed by atoms with E-state index in [2.05, 4.69) is 15.3 Å². The highest BCUT2D eigenvalue weighted by Crippen LogP contribution is 2.36. The molecule has 2 aliphatic heterocycles. The monoisotopic (exact) mass is 316 g/mol. The fourth-order valence-corrected chi connectivity index (χ4v) is 2.98. The summed E-state index contributed by atoms with van der Waals surface area (Å²) in [6, 6.07) is 3.69. The van der Waals surface area contributed by atoms with Crippen LogP contribution in [0.25, 0.3) is 0 Å². The van der Waals surface area contributed by atoms with Crippen molar-refractivity contribution < 1.29 is 9.53 Å². The Morgan fingerprint density at radius 2 is 2.45 bits per heavy atom. The van der Waals surface area contributed by atoms with Gasteiger partial charge in [0, 0.05) is 31.2 Å². The lowest BCUT2D eigenvalue weighted by atomic mass is 10.2. The summed E-state index contributed by atoms with van der Waals surface area (Å²) < 4.78 is 5.35. The number of hydrogen-bond acceptors (Lipinski definition) is 6. The van der Waals surface area contributed by atoms with Crippen LogP contribution in [-0.2, 0) is 11.3 Å². The van der Waals surface area contributed by atoms with Gasteiger partial charge in [-0.25, -0.2) is 4.98 Å². The van der Waals surface area contributed by atoms with Crippen molar-refractivity contribution in [3.63, 3.8) is 0 Å². The first-order valence-corrected chi connectivity index (χ1v) is 7.80. The second-order valence-corrected chi connectivity index (χ2v) is 5.72. The molecule has 0 unspecified atom stereocenters. The van der Waals surface area contributed by atoms with E-state index >= 15 is 0 Å². The number of nitrogens with one attached hydrogen (secondary N) is 1. The van der Waals surface area contributed by atoms with Crippen molar-refractivity contribution in [2.75, 3.05) is 13.3 Å². The highest BCUT2D eigenvalue weighted by atomic mass is 32.2. The van der Waals surface area contributed by atoms with Crippen LogP contribution in [0, 0.1) is 0 Å². The van der Waals surface area contributed by atoms with Crippen molar-refractivity contribution in [2.24, 2.45) is 4.99 Å². The van der Waals surface area contributed by atoms with Crippen LogP contribution >= 0.6 is 11.8 Å². The van der Waals surface area contributed by atoms with Gasteiger partial charge >= 0.3 is 0 Å². The van der Waals surface area contributed by atoms with Crippen LogP contribution < -0.4 is 10.1 Å².